The molecule has 2 aliphatic rings. The van der Waals surface area contributed by atoms with Crippen LogP contribution in [0.3, 0.4) is 0 Å². The van der Waals surface area contributed by atoms with Crippen molar-refractivity contribution in [2.45, 2.75) is 26.7 Å². The number of allylic oxidation sites excluding steroid dienone is 2. The Bertz CT molecular complexity index is 334. The Morgan fingerprint density at radius 1 is 1.40 bits per heavy atom. The van der Waals surface area contributed by atoms with Crippen molar-refractivity contribution in [1.29, 1.82) is 0 Å². The van der Waals surface area contributed by atoms with Crippen LogP contribution in [0.1, 0.15) is 26.7 Å². The lowest BCUT2D eigenvalue weighted by atomic mass is 9.98. The zero-order valence-electron chi connectivity index (χ0n) is 9.95. The van der Waals surface area contributed by atoms with Gasteiger partial charge in [-0.1, -0.05) is 25.5 Å². The lowest BCUT2D eigenvalue weighted by Gasteiger charge is -2.25. The normalized spacial score (nSPS) is 22.8. The van der Waals surface area contributed by atoms with E-state index in [1.165, 1.54) is 24.2 Å². The van der Waals surface area contributed by atoms with Crippen LogP contribution in [-0.4, -0.2) is 31.3 Å². The molecule has 2 heteroatoms. The number of rotatable bonds is 1. The summed E-state index contributed by atoms with van der Waals surface area (Å²) in [5.41, 5.74) is 4.27. The van der Waals surface area contributed by atoms with E-state index >= 15 is 0 Å². The molecule has 2 nitrogen and oxygen atoms in total. The summed E-state index contributed by atoms with van der Waals surface area (Å²) in [6.07, 6.45) is 6.70. The maximum atomic E-state index is 4.59. The molecule has 2 rings (SSSR count). The van der Waals surface area contributed by atoms with Crippen LogP contribution in [0, 0.1) is 5.92 Å². The zero-order valence-corrected chi connectivity index (χ0v) is 9.95. The summed E-state index contributed by atoms with van der Waals surface area (Å²) in [4.78, 5) is 6.96. The first kappa shape index (κ1) is 10.6. The fourth-order valence-electron chi connectivity index (χ4n) is 2.15. The Hall–Kier alpha value is -0.890. The molecule has 0 atom stereocenters. The molecule has 0 aromatic heterocycles. The van der Waals surface area contributed by atoms with E-state index in [4.69, 9.17) is 0 Å². The average molecular weight is 204 g/mol. The summed E-state index contributed by atoms with van der Waals surface area (Å²) in [6, 6.07) is 0. The highest BCUT2D eigenvalue weighted by Crippen LogP contribution is 2.24. The molecule has 0 radical (unpaired) electrons. The summed E-state index contributed by atoms with van der Waals surface area (Å²) in [5, 5.41) is 0. The molecule has 0 fully saturated rings. The minimum Gasteiger partial charge on any atom is -0.302 e. The minimum absolute atomic E-state index is 0.542. The van der Waals surface area contributed by atoms with Crippen molar-refractivity contribution in [2.24, 2.45) is 10.9 Å². The Kier molecular flexibility index (Phi) is 3.06. The fraction of sp³-hybridized carbons (Fsp3) is 0.615. The molecule has 0 unspecified atom stereocenters. The van der Waals surface area contributed by atoms with Crippen LogP contribution >= 0.6 is 0 Å². The summed E-state index contributed by atoms with van der Waals surface area (Å²) < 4.78 is 0. The molecule has 82 valence electrons. The van der Waals surface area contributed by atoms with Crippen LogP contribution in [0.25, 0.3) is 0 Å². The number of likely N-dealkylation sites (N-methyl/N-ethyl adjacent to an activating group) is 1. The van der Waals surface area contributed by atoms with Crippen LogP contribution in [0.15, 0.2) is 27.9 Å². The summed E-state index contributed by atoms with van der Waals surface area (Å²) in [6.45, 7) is 6.68. The van der Waals surface area contributed by atoms with E-state index < -0.39 is 0 Å². The largest absolute Gasteiger partial charge is 0.302 e. The second kappa shape index (κ2) is 4.31. The third-order valence-corrected chi connectivity index (χ3v) is 3.21. The van der Waals surface area contributed by atoms with Crippen LogP contribution in [0.2, 0.25) is 0 Å². The zero-order chi connectivity index (χ0) is 10.8. The second-order valence-corrected chi connectivity index (χ2v) is 4.86. The molecule has 0 amide bonds. The van der Waals surface area contributed by atoms with Gasteiger partial charge in [0, 0.05) is 25.0 Å². The van der Waals surface area contributed by atoms with Gasteiger partial charge in [0.2, 0.25) is 0 Å². The Morgan fingerprint density at radius 3 is 2.93 bits per heavy atom. The highest BCUT2D eigenvalue weighted by Gasteiger charge is 2.16. The lowest BCUT2D eigenvalue weighted by molar-refractivity contribution is 0.353. The van der Waals surface area contributed by atoms with E-state index in [-0.39, 0.29) is 0 Å². The molecule has 2 heterocycles. The molecule has 0 spiro atoms. The van der Waals surface area contributed by atoms with Crippen LogP contribution in [-0.2, 0) is 0 Å². The third kappa shape index (κ3) is 2.37. The molecule has 0 saturated heterocycles. The van der Waals surface area contributed by atoms with Gasteiger partial charge in [-0.15, -0.1) is 0 Å². The minimum atomic E-state index is 0.542. The molecule has 15 heavy (non-hydrogen) atoms. The number of nitrogens with zero attached hydrogens (tertiary/aromatic N) is 2. The number of hydrogen-bond acceptors (Lipinski definition) is 2. The number of aliphatic imine (C=N–C) groups is 1. The quantitative estimate of drug-likeness (QED) is 0.641. The molecule has 0 saturated carbocycles. The average Bonchev–Trinajstić information content (AvgIpc) is 2.39. The van der Waals surface area contributed by atoms with Crippen molar-refractivity contribution in [3.8, 4) is 0 Å². The lowest BCUT2D eigenvalue weighted by Crippen LogP contribution is -2.28. The van der Waals surface area contributed by atoms with E-state index in [1.54, 1.807) is 5.57 Å². The SMILES string of the molecule is CC(C)C1=CCC2=C(C=N1)CN(C)CC2. The van der Waals surface area contributed by atoms with E-state index in [1.807, 2.05) is 0 Å². The Balaban J connectivity index is 2.19. The molecular formula is C13H20N2. The van der Waals surface area contributed by atoms with Gasteiger partial charge in [-0.2, -0.15) is 0 Å². The van der Waals surface area contributed by atoms with Crippen molar-refractivity contribution in [3.63, 3.8) is 0 Å². The van der Waals surface area contributed by atoms with E-state index in [2.05, 4.69) is 43.1 Å². The van der Waals surface area contributed by atoms with E-state index in [9.17, 15) is 0 Å². The van der Waals surface area contributed by atoms with Gasteiger partial charge in [0.1, 0.15) is 0 Å². The summed E-state index contributed by atoms with van der Waals surface area (Å²) in [7, 11) is 2.18. The first-order valence-electron chi connectivity index (χ1n) is 5.80. The highest BCUT2D eigenvalue weighted by molar-refractivity contribution is 5.82. The van der Waals surface area contributed by atoms with Crippen LogP contribution in [0.5, 0.6) is 0 Å². The van der Waals surface area contributed by atoms with Crippen molar-refractivity contribution in [2.75, 3.05) is 20.1 Å². The summed E-state index contributed by atoms with van der Waals surface area (Å²) >= 11 is 0. The van der Waals surface area contributed by atoms with Gasteiger partial charge in [0.15, 0.2) is 0 Å². The molecule has 0 N–H and O–H groups in total. The second-order valence-electron chi connectivity index (χ2n) is 4.86. The topological polar surface area (TPSA) is 15.6 Å². The molecule has 2 aliphatic heterocycles. The number of hydrogen-bond donors (Lipinski definition) is 0. The molecule has 0 aromatic rings. The molecule has 0 aromatic carbocycles. The van der Waals surface area contributed by atoms with Gasteiger partial charge in [-0.3, -0.25) is 4.99 Å². The van der Waals surface area contributed by atoms with Crippen LogP contribution < -0.4 is 0 Å². The monoisotopic (exact) mass is 204 g/mol. The maximum Gasteiger partial charge on any atom is 0.0392 e. The molecule has 0 aliphatic carbocycles. The van der Waals surface area contributed by atoms with Gasteiger partial charge in [-0.05, 0) is 31.4 Å². The maximum absolute atomic E-state index is 4.59. The van der Waals surface area contributed by atoms with Gasteiger partial charge < -0.3 is 4.90 Å². The third-order valence-electron chi connectivity index (χ3n) is 3.21. The van der Waals surface area contributed by atoms with Gasteiger partial charge in [0.25, 0.3) is 0 Å². The Morgan fingerprint density at radius 2 is 2.20 bits per heavy atom. The van der Waals surface area contributed by atoms with E-state index in [0.29, 0.717) is 5.92 Å². The highest BCUT2D eigenvalue weighted by atomic mass is 15.1. The smallest absolute Gasteiger partial charge is 0.0392 e. The summed E-state index contributed by atoms with van der Waals surface area (Å²) in [5.74, 6) is 0.542. The van der Waals surface area contributed by atoms with Gasteiger partial charge in [0.05, 0.1) is 0 Å². The molecular weight excluding hydrogens is 184 g/mol. The first-order chi connectivity index (χ1) is 7.16. The predicted octanol–water partition coefficient (Wildman–Crippen LogP) is 2.63. The fourth-order valence-corrected chi connectivity index (χ4v) is 2.15. The van der Waals surface area contributed by atoms with Gasteiger partial charge >= 0.3 is 0 Å². The van der Waals surface area contributed by atoms with Crippen molar-refractivity contribution >= 4 is 6.21 Å². The van der Waals surface area contributed by atoms with Gasteiger partial charge in [-0.25, -0.2) is 0 Å². The van der Waals surface area contributed by atoms with Crippen molar-refractivity contribution < 1.29 is 0 Å². The van der Waals surface area contributed by atoms with Crippen LogP contribution in [0.4, 0.5) is 0 Å². The Labute approximate surface area is 92.4 Å². The first-order valence-corrected chi connectivity index (χ1v) is 5.80. The molecule has 0 bridgehead atoms. The van der Waals surface area contributed by atoms with E-state index in [0.717, 1.165) is 13.0 Å². The van der Waals surface area contributed by atoms with Crippen molar-refractivity contribution in [3.05, 3.63) is 22.9 Å². The predicted molar refractivity (Wildman–Crippen MR) is 65.2 cm³/mol. The van der Waals surface area contributed by atoms with Crippen molar-refractivity contribution in [1.82, 2.24) is 4.90 Å². The standard InChI is InChI=1S/C13H20N2/c1-10(2)13-5-4-11-6-7-15(3)9-12(11)8-14-13/h5,8,10H,4,6-7,9H2,1-3H3.